The summed E-state index contributed by atoms with van der Waals surface area (Å²) >= 11 is 0. The molecular formula is C36H45N5O9. The number of amides is 3. The monoisotopic (exact) mass is 691 g/mol. The lowest BCUT2D eigenvalue weighted by atomic mass is 9.93. The first-order valence-electron chi connectivity index (χ1n) is 17.0. The maximum atomic E-state index is 14.0. The van der Waals surface area contributed by atoms with Gasteiger partial charge in [0.2, 0.25) is 0 Å². The predicted octanol–water partition coefficient (Wildman–Crippen LogP) is 5.78. The van der Waals surface area contributed by atoms with Gasteiger partial charge >= 0.3 is 18.3 Å². The van der Waals surface area contributed by atoms with Crippen LogP contribution in [0.2, 0.25) is 0 Å². The van der Waals surface area contributed by atoms with Gasteiger partial charge in [0.15, 0.2) is 6.10 Å². The Hall–Kier alpha value is -5.03. The van der Waals surface area contributed by atoms with Crippen LogP contribution in [0.25, 0.3) is 0 Å². The van der Waals surface area contributed by atoms with Crippen LogP contribution in [-0.2, 0) is 25.5 Å². The molecule has 14 heteroatoms. The zero-order chi connectivity index (χ0) is 36.0. The highest BCUT2D eigenvalue weighted by molar-refractivity contribution is 5.99. The summed E-state index contributed by atoms with van der Waals surface area (Å²) in [4.78, 5) is 57.1. The number of nitrogens with zero attached hydrogens (tertiary/aromatic N) is 4. The number of fused-ring (bicyclic) bond motifs is 1. The lowest BCUT2D eigenvalue weighted by Crippen LogP contribution is -2.50. The van der Waals surface area contributed by atoms with Crippen molar-refractivity contribution in [3.63, 3.8) is 0 Å². The molecular weight excluding hydrogens is 646 g/mol. The number of carbonyl (C=O) groups is 4. The van der Waals surface area contributed by atoms with Gasteiger partial charge in [0, 0.05) is 44.5 Å². The number of methoxy groups -OCH3 is 1. The summed E-state index contributed by atoms with van der Waals surface area (Å²) < 4.78 is 27.3. The average molecular weight is 692 g/mol. The molecule has 3 aliphatic rings. The largest absolute Gasteiger partial charge is 0.513 e. The summed E-state index contributed by atoms with van der Waals surface area (Å²) in [5, 5.41) is 12.4. The Morgan fingerprint density at radius 3 is 2.38 bits per heavy atom. The highest BCUT2D eigenvalue weighted by Gasteiger charge is 2.36. The van der Waals surface area contributed by atoms with E-state index in [1.54, 1.807) is 30.0 Å². The van der Waals surface area contributed by atoms with Crippen LogP contribution in [0, 0.1) is 11.3 Å². The minimum Gasteiger partial charge on any atom is -0.476 e. The van der Waals surface area contributed by atoms with E-state index in [1.807, 2.05) is 26.8 Å². The van der Waals surface area contributed by atoms with Gasteiger partial charge in [-0.25, -0.2) is 14.4 Å². The third kappa shape index (κ3) is 8.76. The van der Waals surface area contributed by atoms with Gasteiger partial charge in [-0.2, -0.15) is 5.26 Å². The van der Waals surface area contributed by atoms with Crippen molar-refractivity contribution in [2.24, 2.45) is 0 Å². The molecule has 1 saturated carbocycles. The molecule has 1 N–H and O–H groups in total. The van der Waals surface area contributed by atoms with Crippen LogP contribution in [0.4, 0.5) is 25.8 Å². The molecule has 2 fully saturated rings. The first-order chi connectivity index (χ1) is 23.9. The molecule has 2 aromatic carbocycles. The molecule has 5 rings (SSSR count). The molecule has 0 bridgehead atoms. The van der Waals surface area contributed by atoms with E-state index >= 15 is 0 Å². The number of nitriles is 1. The third-order valence-corrected chi connectivity index (χ3v) is 8.84. The van der Waals surface area contributed by atoms with Gasteiger partial charge in [0.05, 0.1) is 37.6 Å². The molecule has 14 nitrogen and oxygen atoms in total. The molecule has 3 amide bonds. The predicted molar refractivity (Wildman–Crippen MR) is 182 cm³/mol. The number of rotatable bonds is 7. The van der Waals surface area contributed by atoms with E-state index in [-0.39, 0.29) is 30.9 Å². The minimum atomic E-state index is -1.13. The number of piperazine rings is 1. The van der Waals surface area contributed by atoms with E-state index in [1.165, 1.54) is 18.1 Å². The van der Waals surface area contributed by atoms with Gasteiger partial charge in [0.25, 0.3) is 5.91 Å². The average Bonchev–Trinajstić information content (AvgIpc) is 3.63. The number of benzene rings is 2. The summed E-state index contributed by atoms with van der Waals surface area (Å²) in [6.45, 7) is 9.68. The van der Waals surface area contributed by atoms with E-state index in [9.17, 15) is 24.4 Å². The number of hydrogen-bond acceptors (Lipinski definition) is 11. The fraction of sp³-hybridized carbons (Fsp3) is 0.528. The fourth-order valence-corrected chi connectivity index (χ4v) is 6.40. The third-order valence-electron chi connectivity index (χ3n) is 8.84. The fourth-order valence-electron chi connectivity index (χ4n) is 6.40. The van der Waals surface area contributed by atoms with Gasteiger partial charge < -0.3 is 33.9 Å². The zero-order valence-corrected chi connectivity index (χ0v) is 29.3. The summed E-state index contributed by atoms with van der Waals surface area (Å²) in [6.07, 6.45) is 0.935. The van der Waals surface area contributed by atoms with Crippen molar-refractivity contribution in [1.82, 2.24) is 9.80 Å². The quantitative estimate of drug-likeness (QED) is 0.213. The molecule has 0 aromatic heterocycles. The maximum Gasteiger partial charge on any atom is 0.513 e. The molecule has 2 aliphatic heterocycles. The smallest absolute Gasteiger partial charge is 0.476 e. The van der Waals surface area contributed by atoms with Gasteiger partial charge in [-0.1, -0.05) is 12.8 Å². The van der Waals surface area contributed by atoms with Crippen molar-refractivity contribution in [2.75, 3.05) is 56.7 Å². The van der Waals surface area contributed by atoms with Gasteiger partial charge in [-0.3, -0.25) is 14.6 Å². The van der Waals surface area contributed by atoms with Crippen LogP contribution < -0.4 is 19.7 Å². The van der Waals surface area contributed by atoms with E-state index in [2.05, 4.69) is 16.3 Å². The number of hydrogen-bond donors (Lipinski definition) is 1. The number of anilines is 2. The lowest BCUT2D eigenvalue weighted by molar-refractivity contribution is -0.122. The van der Waals surface area contributed by atoms with Crippen LogP contribution in [0.5, 0.6) is 11.5 Å². The van der Waals surface area contributed by atoms with E-state index in [4.69, 9.17) is 23.7 Å². The number of nitrogens with one attached hydrogen (secondary N) is 1. The van der Waals surface area contributed by atoms with Crippen molar-refractivity contribution >= 4 is 35.6 Å². The van der Waals surface area contributed by atoms with Crippen LogP contribution in [0.1, 0.15) is 76.0 Å². The molecule has 2 heterocycles. The summed E-state index contributed by atoms with van der Waals surface area (Å²) in [5.74, 6) is 0.169. The van der Waals surface area contributed by atoms with Gasteiger partial charge in [-0.15, -0.1) is 0 Å². The second kappa shape index (κ2) is 15.7. The molecule has 1 aliphatic carbocycles. The molecule has 0 radical (unpaired) electrons. The molecule has 1 unspecified atom stereocenters. The van der Waals surface area contributed by atoms with E-state index in [0.717, 1.165) is 36.8 Å². The summed E-state index contributed by atoms with van der Waals surface area (Å²) in [7, 11) is 1.23. The zero-order valence-electron chi connectivity index (χ0n) is 29.3. The molecule has 2 aromatic rings. The Labute approximate surface area is 292 Å². The van der Waals surface area contributed by atoms with E-state index < -0.39 is 29.9 Å². The minimum absolute atomic E-state index is 0.117. The van der Waals surface area contributed by atoms with Crippen molar-refractivity contribution < 1.29 is 42.9 Å². The van der Waals surface area contributed by atoms with Crippen LogP contribution >= 0.6 is 0 Å². The van der Waals surface area contributed by atoms with E-state index in [0.29, 0.717) is 55.4 Å². The van der Waals surface area contributed by atoms with Gasteiger partial charge in [0.1, 0.15) is 17.1 Å². The Kier molecular flexibility index (Phi) is 11.4. The van der Waals surface area contributed by atoms with Crippen molar-refractivity contribution in [3.05, 3.63) is 47.0 Å². The topological polar surface area (TPSA) is 160 Å². The highest BCUT2D eigenvalue weighted by atomic mass is 16.7. The first kappa shape index (κ1) is 36.3. The first-order valence-corrected chi connectivity index (χ1v) is 17.0. The molecule has 0 spiro atoms. The Balaban J connectivity index is 1.43. The molecule has 1 atom stereocenters. The summed E-state index contributed by atoms with van der Waals surface area (Å²) in [5.41, 5.74) is 2.11. The summed E-state index contributed by atoms with van der Waals surface area (Å²) in [6, 6.07) is 10.3. The normalized spacial score (nSPS) is 18.0. The van der Waals surface area contributed by atoms with Crippen LogP contribution in [-0.4, -0.2) is 92.2 Å². The number of ether oxygens (including phenoxy) is 5. The standard InChI is InChI=1S/C36H45N5O9/c1-6-47-34(44)41-22-31(48-29-12-11-23(20-37)17-28(29)41)32(42)38-27-19-30(49-35(45)46-5)26(24-9-7-8-10-24)18-25(27)21-39-13-15-40(16-14-39)33(43)50-36(2,3)4/h11-12,17-19,24,31H,6-10,13-16,21-22H2,1-5H3,(H,38,42). The van der Waals surface area contributed by atoms with Crippen molar-refractivity contribution in [3.8, 4) is 17.6 Å². The number of carbonyl (C=O) groups excluding carboxylic acids is 4. The van der Waals surface area contributed by atoms with Crippen molar-refractivity contribution in [1.29, 1.82) is 5.26 Å². The second-order valence-electron chi connectivity index (χ2n) is 13.5. The lowest BCUT2D eigenvalue weighted by Gasteiger charge is -2.36. The molecule has 1 saturated heterocycles. The Morgan fingerprint density at radius 2 is 1.74 bits per heavy atom. The second-order valence-corrected chi connectivity index (χ2v) is 13.5. The van der Waals surface area contributed by atoms with Crippen LogP contribution in [0.15, 0.2) is 30.3 Å². The van der Waals surface area contributed by atoms with Crippen LogP contribution in [0.3, 0.4) is 0 Å². The van der Waals surface area contributed by atoms with Gasteiger partial charge in [-0.05, 0) is 81.8 Å². The molecule has 50 heavy (non-hydrogen) atoms. The Bertz CT molecular complexity index is 1640. The van der Waals surface area contributed by atoms with Crippen molar-refractivity contribution in [2.45, 2.75) is 77.5 Å². The highest BCUT2D eigenvalue weighted by Crippen LogP contribution is 2.42. The Morgan fingerprint density at radius 1 is 1.02 bits per heavy atom. The molecule has 268 valence electrons. The maximum absolute atomic E-state index is 14.0. The SMILES string of the molecule is CCOC(=O)N1CC(C(=O)Nc2cc(OC(=O)OC)c(C3CCCC3)cc2CN2CCN(C(=O)OC(C)(C)C)CC2)Oc2ccc(C#N)cc21.